The molecule has 1 amide bonds. The summed E-state index contributed by atoms with van der Waals surface area (Å²) < 4.78 is 5.62. The molecule has 4 aromatic rings. The predicted octanol–water partition coefficient (Wildman–Crippen LogP) is 6.19. The maximum atomic E-state index is 13.5. The predicted molar refractivity (Wildman–Crippen MR) is 126 cm³/mol. The number of nitrogens with zero attached hydrogens (tertiary/aromatic N) is 2. The van der Waals surface area contributed by atoms with Gasteiger partial charge in [0.1, 0.15) is 11.4 Å². The van der Waals surface area contributed by atoms with Gasteiger partial charge < -0.3 is 4.74 Å². The van der Waals surface area contributed by atoms with E-state index in [1.165, 1.54) is 0 Å². The molecule has 0 aliphatic carbocycles. The fourth-order valence-electron chi connectivity index (χ4n) is 4.17. The van der Waals surface area contributed by atoms with Gasteiger partial charge in [-0.2, -0.15) is 5.10 Å². The molecule has 0 saturated carbocycles. The Morgan fingerprint density at radius 2 is 1.69 bits per heavy atom. The number of aryl methyl sites for hydroxylation is 1. The third kappa shape index (κ3) is 3.45. The third-order valence-corrected chi connectivity index (χ3v) is 5.96. The van der Waals surface area contributed by atoms with Crippen LogP contribution < -0.4 is 9.64 Å². The first-order valence-corrected chi connectivity index (χ1v) is 10.9. The molecule has 1 atom stereocenters. The number of hydrogen-bond acceptors (Lipinski definition) is 3. The highest BCUT2D eigenvalue weighted by Gasteiger charge is 2.43. The Labute approximate surface area is 191 Å². The van der Waals surface area contributed by atoms with Crippen LogP contribution >= 0.6 is 11.6 Å². The van der Waals surface area contributed by atoms with Crippen LogP contribution in [0.25, 0.3) is 11.3 Å². The number of hydrogen-bond donors (Lipinski definition) is 1. The van der Waals surface area contributed by atoms with Crippen LogP contribution in [0.15, 0.2) is 72.8 Å². The molecule has 0 radical (unpaired) electrons. The Hall–Kier alpha value is -3.57. The van der Waals surface area contributed by atoms with Crippen molar-refractivity contribution in [3.63, 3.8) is 0 Å². The minimum Gasteiger partial charge on any atom is -0.494 e. The van der Waals surface area contributed by atoms with Gasteiger partial charge >= 0.3 is 0 Å². The SMILES string of the molecule is CCOc1ccc([C@@H]2c3c(-c4ccc(Cl)cc4)n[nH]c3C(=O)N2c2ccc(C)cc2)cc1. The summed E-state index contributed by atoms with van der Waals surface area (Å²) in [6.45, 7) is 4.59. The van der Waals surface area contributed by atoms with Crippen molar-refractivity contribution in [2.24, 2.45) is 0 Å². The number of H-pyrrole nitrogens is 1. The van der Waals surface area contributed by atoms with Crippen molar-refractivity contribution >= 4 is 23.2 Å². The van der Waals surface area contributed by atoms with Crippen LogP contribution in [-0.4, -0.2) is 22.7 Å². The molecule has 1 aliphatic heterocycles. The molecule has 1 aliphatic rings. The quantitative estimate of drug-likeness (QED) is 0.400. The number of benzene rings is 3. The smallest absolute Gasteiger partial charge is 0.277 e. The number of aromatic nitrogens is 2. The molecule has 32 heavy (non-hydrogen) atoms. The van der Waals surface area contributed by atoms with Crippen molar-refractivity contribution in [2.45, 2.75) is 19.9 Å². The summed E-state index contributed by atoms with van der Waals surface area (Å²) in [7, 11) is 0. The van der Waals surface area contributed by atoms with E-state index in [1.807, 2.05) is 91.5 Å². The van der Waals surface area contributed by atoms with Crippen molar-refractivity contribution in [1.29, 1.82) is 0 Å². The third-order valence-electron chi connectivity index (χ3n) is 5.70. The molecule has 1 N–H and O–H groups in total. The van der Waals surface area contributed by atoms with Gasteiger partial charge in [0.15, 0.2) is 0 Å². The Bertz CT molecular complexity index is 1260. The highest BCUT2D eigenvalue weighted by Crippen LogP contribution is 2.45. The molecule has 0 spiro atoms. The fraction of sp³-hybridized carbons (Fsp3) is 0.154. The lowest BCUT2D eigenvalue weighted by atomic mass is 9.95. The van der Waals surface area contributed by atoms with Crippen LogP contribution in [-0.2, 0) is 0 Å². The number of carbonyl (C=O) groups excluding carboxylic acids is 1. The summed E-state index contributed by atoms with van der Waals surface area (Å²) in [5.74, 6) is 0.697. The van der Waals surface area contributed by atoms with Gasteiger partial charge in [-0.05, 0) is 55.8 Å². The second-order valence-corrected chi connectivity index (χ2v) is 8.22. The van der Waals surface area contributed by atoms with Gasteiger partial charge in [-0.15, -0.1) is 0 Å². The maximum Gasteiger partial charge on any atom is 0.277 e. The van der Waals surface area contributed by atoms with Crippen LogP contribution in [0.1, 0.15) is 40.1 Å². The summed E-state index contributed by atoms with van der Waals surface area (Å²) in [4.78, 5) is 15.4. The normalized spacial score (nSPS) is 15.2. The second-order valence-electron chi connectivity index (χ2n) is 7.78. The van der Waals surface area contributed by atoms with Gasteiger partial charge in [-0.3, -0.25) is 14.8 Å². The lowest BCUT2D eigenvalue weighted by Crippen LogP contribution is -2.29. The summed E-state index contributed by atoms with van der Waals surface area (Å²) >= 11 is 6.09. The van der Waals surface area contributed by atoms with Crippen molar-refractivity contribution in [2.75, 3.05) is 11.5 Å². The Kier molecular flexibility index (Phi) is 5.19. The monoisotopic (exact) mass is 443 g/mol. The van der Waals surface area contributed by atoms with E-state index >= 15 is 0 Å². The van der Waals surface area contributed by atoms with Gasteiger partial charge in [0, 0.05) is 21.8 Å². The number of fused-ring (bicyclic) bond motifs is 1. The fourth-order valence-corrected chi connectivity index (χ4v) is 4.30. The first kappa shape index (κ1) is 20.3. The minimum absolute atomic E-state index is 0.101. The zero-order valence-corrected chi connectivity index (χ0v) is 18.6. The minimum atomic E-state index is -0.319. The van der Waals surface area contributed by atoms with E-state index in [4.69, 9.17) is 16.3 Å². The Morgan fingerprint density at radius 1 is 1.00 bits per heavy atom. The van der Waals surface area contributed by atoms with Gasteiger partial charge in [0.25, 0.3) is 5.91 Å². The summed E-state index contributed by atoms with van der Waals surface area (Å²) in [5, 5.41) is 8.16. The summed E-state index contributed by atoms with van der Waals surface area (Å²) in [5.41, 5.74) is 5.99. The number of rotatable bonds is 5. The van der Waals surface area contributed by atoms with E-state index in [2.05, 4.69) is 10.2 Å². The second kappa shape index (κ2) is 8.17. The zero-order valence-electron chi connectivity index (χ0n) is 17.8. The molecular formula is C26H22ClN3O2. The highest BCUT2D eigenvalue weighted by molar-refractivity contribution is 6.30. The highest BCUT2D eigenvalue weighted by atomic mass is 35.5. The molecule has 5 rings (SSSR count). The lowest BCUT2D eigenvalue weighted by molar-refractivity contribution is 0.0989. The zero-order chi connectivity index (χ0) is 22.2. The van der Waals surface area contributed by atoms with Crippen LogP contribution in [0.5, 0.6) is 5.75 Å². The Balaban J connectivity index is 1.67. The van der Waals surface area contributed by atoms with E-state index < -0.39 is 0 Å². The van der Waals surface area contributed by atoms with Gasteiger partial charge in [0.05, 0.1) is 18.3 Å². The lowest BCUT2D eigenvalue weighted by Gasteiger charge is -2.26. The maximum absolute atomic E-state index is 13.5. The van der Waals surface area contributed by atoms with Crippen molar-refractivity contribution < 1.29 is 9.53 Å². The number of ether oxygens (including phenoxy) is 1. The van der Waals surface area contributed by atoms with Crippen molar-refractivity contribution in [1.82, 2.24) is 10.2 Å². The number of nitrogens with one attached hydrogen (secondary N) is 1. The van der Waals surface area contributed by atoms with Gasteiger partial charge in [-0.25, -0.2) is 0 Å². The molecule has 0 saturated heterocycles. The summed E-state index contributed by atoms with van der Waals surface area (Å²) in [6, 6.07) is 23.1. The van der Waals surface area contributed by atoms with Crippen LogP contribution in [0.3, 0.4) is 0 Å². The van der Waals surface area contributed by atoms with E-state index in [-0.39, 0.29) is 11.9 Å². The van der Waals surface area contributed by atoms with E-state index in [0.717, 1.165) is 39.4 Å². The van der Waals surface area contributed by atoms with Crippen LogP contribution in [0, 0.1) is 6.92 Å². The average molecular weight is 444 g/mol. The number of aromatic amines is 1. The van der Waals surface area contributed by atoms with E-state index in [9.17, 15) is 4.79 Å². The van der Waals surface area contributed by atoms with Gasteiger partial charge in [0.2, 0.25) is 0 Å². The largest absolute Gasteiger partial charge is 0.494 e. The van der Waals surface area contributed by atoms with E-state index in [0.29, 0.717) is 17.3 Å². The molecule has 0 bridgehead atoms. The molecule has 2 heterocycles. The molecule has 6 heteroatoms. The molecule has 0 unspecified atom stereocenters. The van der Waals surface area contributed by atoms with Crippen LogP contribution in [0.4, 0.5) is 5.69 Å². The number of carbonyl (C=O) groups is 1. The molecular weight excluding hydrogens is 422 g/mol. The van der Waals surface area contributed by atoms with Crippen molar-refractivity contribution in [3.8, 4) is 17.0 Å². The average Bonchev–Trinajstić information content (AvgIpc) is 3.35. The molecule has 5 nitrogen and oxygen atoms in total. The summed E-state index contributed by atoms with van der Waals surface area (Å²) in [6.07, 6.45) is 0. The van der Waals surface area contributed by atoms with Gasteiger partial charge in [-0.1, -0.05) is 53.6 Å². The van der Waals surface area contributed by atoms with E-state index in [1.54, 1.807) is 0 Å². The van der Waals surface area contributed by atoms with Crippen molar-refractivity contribution in [3.05, 3.63) is 100 Å². The molecule has 0 fully saturated rings. The topological polar surface area (TPSA) is 58.2 Å². The first-order valence-electron chi connectivity index (χ1n) is 10.5. The number of anilines is 1. The molecule has 160 valence electrons. The first-order chi connectivity index (χ1) is 15.6. The number of amides is 1. The van der Waals surface area contributed by atoms with Crippen LogP contribution in [0.2, 0.25) is 5.02 Å². The number of halogens is 1. The Morgan fingerprint density at radius 3 is 2.34 bits per heavy atom. The standard InChI is InChI=1S/C26H22ClN3O2/c1-3-32-21-14-8-18(9-15-21)25-22-23(17-6-10-19(27)11-7-17)28-29-24(22)26(31)30(25)20-12-4-16(2)5-13-20/h4-15,25H,3H2,1-2H3,(H,28,29)/t25-/m1/s1. The molecule has 1 aromatic heterocycles. The molecule has 3 aromatic carbocycles.